The highest BCUT2D eigenvalue weighted by atomic mass is 32.1. The highest BCUT2D eigenvalue weighted by Gasteiger charge is 2.22. The van der Waals surface area contributed by atoms with Gasteiger partial charge in [-0.05, 0) is 48.4 Å². The second-order valence-electron chi connectivity index (χ2n) is 9.34. The van der Waals surface area contributed by atoms with E-state index in [-0.39, 0.29) is 37.6 Å². The molecule has 3 amide bonds. The second kappa shape index (κ2) is 15.3. The van der Waals surface area contributed by atoms with Gasteiger partial charge in [0.1, 0.15) is 6.61 Å². The Hall–Kier alpha value is -2.94. The molecule has 2 aromatic rings. The molecule has 0 bridgehead atoms. The van der Waals surface area contributed by atoms with Crippen molar-refractivity contribution >= 4 is 23.5 Å². The van der Waals surface area contributed by atoms with Gasteiger partial charge in [0, 0.05) is 11.4 Å². The van der Waals surface area contributed by atoms with E-state index in [1.807, 2.05) is 35.7 Å². The summed E-state index contributed by atoms with van der Waals surface area (Å²) in [5, 5.41) is 8.16. The van der Waals surface area contributed by atoms with Crippen LogP contribution in [0.4, 0.5) is 9.59 Å². The van der Waals surface area contributed by atoms with Crippen molar-refractivity contribution in [2.45, 2.75) is 84.3 Å². The number of nitrogens with one attached hydrogen (secondary N) is 2. The third-order valence-electron chi connectivity index (χ3n) is 6.30. The quantitative estimate of drug-likeness (QED) is 0.270. The number of thiophene rings is 1. The Balaban J connectivity index is 1.58. The summed E-state index contributed by atoms with van der Waals surface area (Å²) < 4.78 is 16.6. The number of urea groups is 1. The van der Waals surface area contributed by atoms with E-state index in [2.05, 4.69) is 31.4 Å². The molecular formula is C28H41N3O5S. The number of nitrogens with zero attached hydrogens (tertiary/aromatic N) is 1. The van der Waals surface area contributed by atoms with Crippen molar-refractivity contribution in [3.63, 3.8) is 0 Å². The summed E-state index contributed by atoms with van der Waals surface area (Å²) in [7, 11) is 0. The van der Waals surface area contributed by atoms with E-state index in [1.54, 1.807) is 16.2 Å². The SMILES string of the molecule is CCCC[C@@H](COC(=O)N(CCCC)Cc1cccs1)NC(=O)N[C@@H](CCC)c1ccc2c(c1)OCO2. The zero-order valence-electron chi connectivity index (χ0n) is 22.3. The molecule has 3 rings (SSSR count). The van der Waals surface area contributed by atoms with Crippen molar-refractivity contribution < 1.29 is 23.8 Å². The molecule has 37 heavy (non-hydrogen) atoms. The topological polar surface area (TPSA) is 89.1 Å². The van der Waals surface area contributed by atoms with E-state index < -0.39 is 0 Å². The van der Waals surface area contributed by atoms with Gasteiger partial charge in [-0.1, -0.05) is 58.6 Å². The molecule has 0 unspecified atom stereocenters. The van der Waals surface area contributed by atoms with Crippen LogP contribution in [0.15, 0.2) is 35.7 Å². The first-order valence-electron chi connectivity index (χ1n) is 13.4. The lowest BCUT2D eigenvalue weighted by Crippen LogP contribution is -2.46. The fourth-order valence-corrected chi connectivity index (χ4v) is 4.93. The van der Waals surface area contributed by atoms with Gasteiger partial charge in [-0.25, -0.2) is 9.59 Å². The molecule has 8 nitrogen and oxygen atoms in total. The average Bonchev–Trinajstić information content (AvgIpc) is 3.59. The third-order valence-corrected chi connectivity index (χ3v) is 7.16. The van der Waals surface area contributed by atoms with E-state index in [0.717, 1.165) is 61.1 Å². The molecule has 0 radical (unpaired) electrons. The summed E-state index contributed by atoms with van der Waals surface area (Å²) in [5.74, 6) is 1.42. The van der Waals surface area contributed by atoms with Crippen LogP contribution in [0.1, 0.15) is 82.2 Å². The number of ether oxygens (including phenoxy) is 3. The predicted octanol–water partition coefficient (Wildman–Crippen LogP) is 6.61. The molecule has 0 aliphatic carbocycles. The van der Waals surface area contributed by atoms with Crippen molar-refractivity contribution in [3.8, 4) is 11.5 Å². The number of amides is 3. The largest absolute Gasteiger partial charge is 0.454 e. The summed E-state index contributed by atoms with van der Waals surface area (Å²) in [4.78, 5) is 28.8. The zero-order valence-corrected chi connectivity index (χ0v) is 23.1. The van der Waals surface area contributed by atoms with E-state index in [1.165, 1.54) is 0 Å². The van der Waals surface area contributed by atoms with Crippen molar-refractivity contribution in [1.82, 2.24) is 15.5 Å². The van der Waals surface area contributed by atoms with Gasteiger partial charge in [0.05, 0.1) is 18.6 Å². The lowest BCUT2D eigenvalue weighted by molar-refractivity contribution is 0.0896. The fourth-order valence-electron chi connectivity index (χ4n) is 4.21. The van der Waals surface area contributed by atoms with Gasteiger partial charge < -0.3 is 29.7 Å². The lowest BCUT2D eigenvalue weighted by atomic mass is 10.0. The molecule has 0 fully saturated rings. The molecule has 0 saturated heterocycles. The van der Waals surface area contributed by atoms with Gasteiger partial charge in [0.25, 0.3) is 0 Å². The minimum atomic E-state index is -0.338. The summed E-state index contributed by atoms with van der Waals surface area (Å²) >= 11 is 1.63. The minimum absolute atomic E-state index is 0.141. The Bertz CT molecular complexity index is 969. The van der Waals surface area contributed by atoms with Gasteiger partial charge in [-0.2, -0.15) is 0 Å². The molecule has 0 spiro atoms. The first-order valence-corrected chi connectivity index (χ1v) is 14.3. The van der Waals surface area contributed by atoms with Gasteiger partial charge in [0.2, 0.25) is 6.79 Å². The summed E-state index contributed by atoms with van der Waals surface area (Å²) in [6.45, 7) is 7.84. The summed E-state index contributed by atoms with van der Waals surface area (Å²) in [6.07, 6.45) is 5.93. The van der Waals surface area contributed by atoms with Gasteiger partial charge in [0.15, 0.2) is 11.5 Å². The van der Waals surface area contributed by atoms with Crippen LogP contribution in [0.3, 0.4) is 0 Å². The van der Waals surface area contributed by atoms with Gasteiger partial charge >= 0.3 is 12.1 Å². The molecular weight excluding hydrogens is 490 g/mol. The summed E-state index contributed by atoms with van der Waals surface area (Å²) in [5.41, 5.74) is 0.970. The van der Waals surface area contributed by atoms with Crippen LogP contribution in [-0.2, 0) is 11.3 Å². The second-order valence-corrected chi connectivity index (χ2v) is 10.4. The van der Waals surface area contributed by atoms with Crippen LogP contribution in [0.25, 0.3) is 0 Å². The smallest absolute Gasteiger partial charge is 0.410 e. The molecule has 9 heteroatoms. The van der Waals surface area contributed by atoms with Crippen molar-refractivity contribution in [2.24, 2.45) is 0 Å². The van der Waals surface area contributed by atoms with Crippen molar-refractivity contribution in [3.05, 3.63) is 46.2 Å². The maximum absolute atomic E-state index is 13.0. The van der Waals surface area contributed by atoms with E-state index in [0.29, 0.717) is 18.8 Å². The Labute approximate surface area is 224 Å². The van der Waals surface area contributed by atoms with Crippen LogP contribution in [-0.4, -0.2) is 43.0 Å². The van der Waals surface area contributed by atoms with E-state index in [9.17, 15) is 9.59 Å². The molecule has 204 valence electrons. The predicted molar refractivity (Wildman–Crippen MR) is 146 cm³/mol. The Kier molecular flexibility index (Phi) is 11.9. The fraction of sp³-hybridized carbons (Fsp3) is 0.571. The number of hydrogen-bond donors (Lipinski definition) is 2. The van der Waals surface area contributed by atoms with Crippen LogP contribution in [0.2, 0.25) is 0 Å². The normalized spacial score (nSPS) is 13.6. The van der Waals surface area contributed by atoms with Crippen LogP contribution in [0.5, 0.6) is 11.5 Å². The van der Waals surface area contributed by atoms with Crippen molar-refractivity contribution in [1.29, 1.82) is 0 Å². The number of unbranched alkanes of at least 4 members (excludes halogenated alkanes) is 2. The Morgan fingerprint density at radius 2 is 1.84 bits per heavy atom. The number of fused-ring (bicyclic) bond motifs is 1. The molecule has 1 aliphatic rings. The van der Waals surface area contributed by atoms with Gasteiger partial charge in [-0.15, -0.1) is 11.3 Å². The van der Waals surface area contributed by atoms with Crippen molar-refractivity contribution in [2.75, 3.05) is 19.9 Å². The first kappa shape index (κ1) is 28.6. The standard InChI is InChI=1S/C28H41N3O5S/c1-4-7-11-22(19-34-28(33)31(15-8-5-2)18-23-12-9-16-37-23)29-27(32)30-24(10-6-3)21-13-14-25-26(17-21)36-20-35-25/h9,12-14,16-17,22,24H,4-8,10-11,15,18-20H2,1-3H3,(H2,29,30,32)/t22-,24-/m0/s1. The number of carbonyl (C=O) groups excluding carboxylic acids is 2. The maximum atomic E-state index is 13.0. The molecule has 2 N–H and O–H groups in total. The molecule has 2 atom stereocenters. The third kappa shape index (κ3) is 9.14. The first-order chi connectivity index (χ1) is 18.0. The van der Waals surface area contributed by atoms with E-state index >= 15 is 0 Å². The minimum Gasteiger partial charge on any atom is -0.454 e. The Morgan fingerprint density at radius 3 is 2.57 bits per heavy atom. The number of hydrogen-bond acceptors (Lipinski definition) is 6. The molecule has 1 aliphatic heterocycles. The lowest BCUT2D eigenvalue weighted by Gasteiger charge is -2.25. The summed E-state index contributed by atoms with van der Waals surface area (Å²) in [6, 6.07) is 9.09. The maximum Gasteiger partial charge on any atom is 0.410 e. The van der Waals surface area contributed by atoms with Crippen LogP contribution in [0, 0.1) is 0 Å². The highest BCUT2D eigenvalue weighted by molar-refractivity contribution is 7.09. The molecule has 2 heterocycles. The highest BCUT2D eigenvalue weighted by Crippen LogP contribution is 2.35. The van der Waals surface area contributed by atoms with Crippen LogP contribution < -0.4 is 20.1 Å². The number of benzene rings is 1. The monoisotopic (exact) mass is 531 g/mol. The molecule has 0 saturated carbocycles. The van der Waals surface area contributed by atoms with Crippen LogP contribution >= 0.6 is 11.3 Å². The van der Waals surface area contributed by atoms with Gasteiger partial charge in [-0.3, -0.25) is 0 Å². The number of carbonyl (C=O) groups is 2. The molecule has 1 aromatic carbocycles. The molecule has 1 aromatic heterocycles. The average molecular weight is 532 g/mol. The Morgan fingerprint density at radius 1 is 1.03 bits per heavy atom. The number of rotatable bonds is 15. The van der Waals surface area contributed by atoms with E-state index in [4.69, 9.17) is 14.2 Å². The zero-order chi connectivity index (χ0) is 26.5.